The van der Waals surface area contributed by atoms with E-state index in [1.165, 1.54) is 0 Å². The Morgan fingerprint density at radius 1 is 1.33 bits per heavy atom. The Labute approximate surface area is 120 Å². The molecule has 0 heterocycles. The van der Waals surface area contributed by atoms with Crippen molar-refractivity contribution in [1.82, 2.24) is 0 Å². The fraction of sp³-hybridized carbons (Fsp3) is 0.333. The lowest BCUT2D eigenvalue weighted by Crippen LogP contribution is -2.09. The molecule has 0 atom stereocenters. The largest absolute Gasteiger partial charge is 0.465 e. The summed E-state index contributed by atoms with van der Waals surface area (Å²) in [5, 5.41) is 0.843. The Bertz CT molecular complexity index is 449. The molecule has 98 valence electrons. The summed E-state index contributed by atoms with van der Waals surface area (Å²) >= 11 is 12.6. The minimum absolute atomic E-state index is 0.0257. The number of halogens is 2. The summed E-state index contributed by atoms with van der Waals surface area (Å²) in [4.78, 5) is 22.7. The molecule has 0 aliphatic carbocycles. The Morgan fingerprint density at radius 3 is 2.67 bits per heavy atom. The van der Waals surface area contributed by atoms with E-state index in [0.29, 0.717) is 22.2 Å². The van der Waals surface area contributed by atoms with Crippen LogP contribution in [0, 0.1) is 0 Å². The van der Waals surface area contributed by atoms with Gasteiger partial charge in [-0.15, -0.1) is 0 Å². The van der Waals surface area contributed by atoms with Gasteiger partial charge in [-0.2, -0.15) is 0 Å². The van der Waals surface area contributed by atoms with Crippen molar-refractivity contribution in [3.63, 3.8) is 0 Å². The van der Waals surface area contributed by atoms with Crippen LogP contribution in [0.3, 0.4) is 0 Å². The highest BCUT2D eigenvalue weighted by molar-refractivity contribution is 8.14. The second kappa shape index (κ2) is 7.67. The van der Waals surface area contributed by atoms with Crippen molar-refractivity contribution >= 4 is 46.0 Å². The third-order valence-corrected chi connectivity index (χ3v) is 3.44. The van der Waals surface area contributed by atoms with Crippen LogP contribution in [0.25, 0.3) is 0 Å². The first kappa shape index (κ1) is 15.3. The van der Waals surface area contributed by atoms with Gasteiger partial charge < -0.3 is 4.74 Å². The summed E-state index contributed by atoms with van der Waals surface area (Å²) in [5.41, 5.74) is 0.697. The molecule has 1 rings (SSSR count). The molecule has 0 fully saturated rings. The number of ether oxygens (including phenoxy) is 1. The Balaban J connectivity index is 2.47. The number of esters is 1. The topological polar surface area (TPSA) is 43.4 Å². The van der Waals surface area contributed by atoms with Gasteiger partial charge in [0.25, 0.3) is 0 Å². The van der Waals surface area contributed by atoms with Crippen LogP contribution in [0.1, 0.15) is 12.5 Å². The zero-order chi connectivity index (χ0) is 13.5. The van der Waals surface area contributed by atoms with Crippen molar-refractivity contribution < 1.29 is 14.3 Å². The lowest BCUT2D eigenvalue weighted by atomic mass is 10.2. The van der Waals surface area contributed by atoms with Gasteiger partial charge in [0.05, 0.1) is 12.4 Å². The molecule has 6 heteroatoms. The second-order valence-electron chi connectivity index (χ2n) is 3.38. The highest BCUT2D eigenvalue weighted by Crippen LogP contribution is 2.22. The third kappa shape index (κ3) is 5.29. The van der Waals surface area contributed by atoms with Gasteiger partial charge in [-0.05, 0) is 24.6 Å². The van der Waals surface area contributed by atoms with Gasteiger partial charge in [0, 0.05) is 16.5 Å². The molecular formula is C12H12Cl2O3S. The maximum atomic E-state index is 11.6. The van der Waals surface area contributed by atoms with E-state index in [0.717, 1.165) is 11.8 Å². The number of carbonyl (C=O) groups excluding carboxylic acids is 2. The van der Waals surface area contributed by atoms with Crippen LogP contribution in [-0.4, -0.2) is 23.4 Å². The first-order valence-corrected chi connectivity index (χ1v) is 7.02. The lowest BCUT2D eigenvalue weighted by Gasteiger charge is -2.04. The maximum Gasteiger partial charge on any atom is 0.316 e. The molecule has 0 N–H and O–H groups in total. The summed E-state index contributed by atoms with van der Waals surface area (Å²) in [6.45, 7) is 2.04. The molecule has 0 bridgehead atoms. The van der Waals surface area contributed by atoms with Crippen LogP contribution in [0.5, 0.6) is 0 Å². The van der Waals surface area contributed by atoms with Gasteiger partial charge in [-0.3, -0.25) is 9.59 Å². The average Bonchev–Trinajstić information content (AvgIpc) is 2.31. The number of hydrogen-bond donors (Lipinski definition) is 0. The average molecular weight is 307 g/mol. The molecular weight excluding hydrogens is 295 g/mol. The van der Waals surface area contributed by atoms with Gasteiger partial charge >= 0.3 is 5.97 Å². The second-order valence-corrected chi connectivity index (χ2v) is 5.25. The molecule has 0 radical (unpaired) electrons. The first-order valence-electron chi connectivity index (χ1n) is 5.28. The first-order chi connectivity index (χ1) is 8.52. The monoisotopic (exact) mass is 306 g/mol. The number of carbonyl (C=O) groups is 2. The molecule has 0 aromatic heterocycles. The van der Waals surface area contributed by atoms with Crippen LogP contribution in [0.4, 0.5) is 0 Å². The van der Waals surface area contributed by atoms with Crippen LogP contribution < -0.4 is 0 Å². The smallest absolute Gasteiger partial charge is 0.316 e. The van der Waals surface area contributed by atoms with E-state index in [4.69, 9.17) is 27.9 Å². The summed E-state index contributed by atoms with van der Waals surface area (Å²) in [7, 11) is 0. The van der Waals surface area contributed by atoms with Crippen LogP contribution >= 0.6 is 35.0 Å². The van der Waals surface area contributed by atoms with E-state index in [1.54, 1.807) is 25.1 Å². The van der Waals surface area contributed by atoms with E-state index < -0.39 is 5.97 Å². The van der Waals surface area contributed by atoms with Crippen molar-refractivity contribution in [2.24, 2.45) is 0 Å². The summed E-state index contributed by atoms with van der Waals surface area (Å²) in [6.07, 6.45) is 0.167. The zero-order valence-electron chi connectivity index (χ0n) is 9.74. The van der Waals surface area contributed by atoms with Crippen LogP contribution in [0.15, 0.2) is 18.2 Å². The van der Waals surface area contributed by atoms with Gasteiger partial charge in [0.1, 0.15) is 0 Å². The molecule has 0 aliphatic rings. The van der Waals surface area contributed by atoms with Crippen molar-refractivity contribution in [1.29, 1.82) is 0 Å². The van der Waals surface area contributed by atoms with E-state index >= 15 is 0 Å². The highest BCUT2D eigenvalue weighted by atomic mass is 35.5. The molecule has 0 aliphatic heterocycles. The van der Waals surface area contributed by atoms with E-state index in [9.17, 15) is 9.59 Å². The van der Waals surface area contributed by atoms with Crippen molar-refractivity contribution in [3.8, 4) is 0 Å². The van der Waals surface area contributed by atoms with Gasteiger partial charge in [0.15, 0.2) is 5.12 Å². The Morgan fingerprint density at radius 2 is 2.06 bits per heavy atom. The molecule has 1 aromatic rings. The van der Waals surface area contributed by atoms with E-state index in [2.05, 4.69) is 0 Å². The minimum atomic E-state index is -0.391. The Hall–Kier alpha value is -0.710. The van der Waals surface area contributed by atoms with Crippen molar-refractivity contribution in [2.75, 3.05) is 12.4 Å². The van der Waals surface area contributed by atoms with E-state index in [1.807, 2.05) is 0 Å². The molecule has 1 aromatic carbocycles. The molecule has 0 amide bonds. The standard InChI is InChI=1S/C12H12Cl2O3S/c1-2-17-11(15)7-18-12(16)5-8-3-4-9(13)6-10(8)14/h3-4,6H,2,5,7H2,1H3. The Kier molecular flexibility index (Phi) is 6.54. The predicted octanol–water partition coefficient (Wildman–Crippen LogP) is 3.36. The molecule has 0 spiro atoms. The summed E-state index contributed by atoms with van der Waals surface area (Å²) in [6, 6.07) is 4.96. The molecule has 3 nitrogen and oxygen atoms in total. The van der Waals surface area contributed by atoms with Crippen LogP contribution in [-0.2, 0) is 20.7 Å². The number of rotatable bonds is 5. The van der Waals surface area contributed by atoms with Gasteiger partial charge in [0.2, 0.25) is 0 Å². The van der Waals surface area contributed by atoms with Crippen LogP contribution in [0.2, 0.25) is 10.0 Å². The maximum absolute atomic E-state index is 11.6. The van der Waals surface area contributed by atoms with Crippen molar-refractivity contribution in [2.45, 2.75) is 13.3 Å². The van der Waals surface area contributed by atoms with Gasteiger partial charge in [-0.1, -0.05) is 41.0 Å². The van der Waals surface area contributed by atoms with Crippen molar-refractivity contribution in [3.05, 3.63) is 33.8 Å². The summed E-state index contributed by atoms with van der Waals surface area (Å²) in [5.74, 6) is -0.365. The normalized spacial score (nSPS) is 10.2. The lowest BCUT2D eigenvalue weighted by molar-refractivity contribution is -0.140. The third-order valence-electron chi connectivity index (χ3n) is 2.01. The van der Waals surface area contributed by atoms with Gasteiger partial charge in [-0.25, -0.2) is 0 Å². The number of hydrogen-bond acceptors (Lipinski definition) is 4. The fourth-order valence-corrected chi connectivity index (χ4v) is 2.31. The number of benzene rings is 1. The quantitative estimate of drug-likeness (QED) is 0.782. The molecule has 0 saturated heterocycles. The molecule has 0 saturated carbocycles. The molecule has 0 unspecified atom stereocenters. The predicted molar refractivity (Wildman–Crippen MR) is 74.3 cm³/mol. The summed E-state index contributed by atoms with van der Waals surface area (Å²) < 4.78 is 4.73. The minimum Gasteiger partial charge on any atom is -0.465 e. The zero-order valence-corrected chi connectivity index (χ0v) is 12.1. The molecule has 18 heavy (non-hydrogen) atoms. The SMILES string of the molecule is CCOC(=O)CSC(=O)Cc1ccc(Cl)cc1Cl. The number of thioether (sulfide) groups is 1. The highest BCUT2D eigenvalue weighted by Gasteiger charge is 2.11. The van der Waals surface area contributed by atoms with E-state index in [-0.39, 0.29) is 17.3 Å². The fourth-order valence-electron chi connectivity index (χ4n) is 1.21.